The molecular formula is C18H17ClN2O6S. The maximum absolute atomic E-state index is 12.8. The number of nitrogens with zero attached hydrogens (tertiary/aromatic N) is 1. The summed E-state index contributed by atoms with van der Waals surface area (Å²) in [4.78, 5) is 24.8. The monoisotopic (exact) mass is 424 g/mol. The van der Waals surface area contributed by atoms with Gasteiger partial charge in [0.2, 0.25) is 5.91 Å². The molecule has 1 N–H and O–H groups in total. The lowest BCUT2D eigenvalue weighted by atomic mass is 10.2. The highest BCUT2D eigenvalue weighted by molar-refractivity contribution is 7.90. The lowest BCUT2D eigenvalue weighted by Gasteiger charge is -2.15. The van der Waals surface area contributed by atoms with Gasteiger partial charge in [0.15, 0.2) is 11.5 Å². The molecule has 1 aliphatic heterocycles. The first kappa shape index (κ1) is 20.0. The van der Waals surface area contributed by atoms with Crippen LogP contribution in [0.4, 0.5) is 5.69 Å². The van der Waals surface area contributed by atoms with Gasteiger partial charge in [-0.25, -0.2) is 12.7 Å². The molecule has 2 amide bonds. The summed E-state index contributed by atoms with van der Waals surface area (Å²) in [7, 11) is -1.47. The summed E-state index contributed by atoms with van der Waals surface area (Å²) in [5, 5.41) is 3.03. The van der Waals surface area contributed by atoms with Gasteiger partial charge in [-0.05, 0) is 30.7 Å². The van der Waals surface area contributed by atoms with E-state index in [9.17, 15) is 18.0 Å². The Morgan fingerprint density at radius 2 is 1.82 bits per heavy atom. The molecule has 0 atom stereocenters. The van der Waals surface area contributed by atoms with Crippen LogP contribution >= 0.6 is 11.6 Å². The van der Waals surface area contributed by atoms with E-state index in [1.165, 1.54) is 26.4 Å². The first-order valence-electron chi connectivity index (χ1n) is 8.08. The maximum Gasteiger partial charge on any atom is 0.269 e. The van der Waals surface area contributed by atoms with Gasteiger partial charge in [0.1, 0.15) is 11.4 Å². The minimum atomic E-state index is -4.20. The Labute approximate surface area is 167 Å². The number of fused-ring (bicyclic) bond motifs is 1. The molecule has 1 heterocycles. The van der Waals surface area contributed by atoms with Crippen molar-refractivity contribution in [2.75, 3.05) is 26.1 Å². The number of ether oxygens (including phenoxy) is 2. The van der Waals surface area contributed by atoms with Gasteiger partial charge in [0.25, 0.3) is 15.9 Å². The van der Waals surface area contributed by atoms with E-state index in [0.717, 1.165) is 0 Å². The number of halogens is 1. The van der Waals surface area contributed by atoms with Crippen LogP contribution < -0.4 is 14.8 Å². The summed E-state index contributed by atoms with van der Waals surface area (Å²) >= 11 is 6.02. The highest BCUT2D eigenvalue weighted by atomic mass is 35.5. The van der Waals surface area contributed by atoms with Gasteiger partial charge in [0, 0.05) is 16.8 Å². The molecule has 0 saturated heterocycles. The number of nitrogens with one attached hydrogen (secondary N) is 1. The van der Waals surface area contributed by atoms with E-state index in [-0.39, 0.29) is 22.0 Å². The molecule has 0 bridgehead atoms. The van der Waals surface area contributed by atoms with Gasteiger partial charge < -0.3 is 14.8 Å². The van der Waals surface area contributed by atoms with E-state index >= 15 is 0 Å². The van der Waals surface area contributed by atoms with Gasteiger partial charge in [-0.1, -0.05) is 17.7 Å². The summed E-state index contributed by atoms with van der Waals surface area (Å²) in [5.41, 5.74) is 0.984. The molecule has 2 aromatic rings. The Morgan fingerprint density at radius 1 is 1.18 bits per heavy atom. The molecule has 0 unspecified atom stereocenters. The zero-order valence-electron chi connectivity index (χ0n) is 15.3. The molecule has 0 saturated carbocycles. The molecule has 2 aromatic carbocycles. The quantitative estimate of drug-likeness (QED) is 0.791. The first-order valence-corrected chi connectivity index (χ1v) is 9.90. The number of amides is 2. The van der Waals surface area contributed by atoms with E-state index in [1.807, 2.05) is 0 Å². The number of methoxy groups -OCH3 is 2. The molecule has 0 aromatic heterocycles. The van der Waals surface area contributed by atoms with Crippen molar-refractivity contribution in [1.29, 1.82) is 0 Å². The zero-order chi connectivity index (χ0) is 20.6. The third-order valence-electron chi connectivity index (χ3n) is 4.34. The summed E-state index contributed by atoms with van der Waals surface area (Å²) < 4.78 is 36.3. The molecule has 1 aliphatic rings. The second-order valence-electron chi connectivity index (χ2n) is 5.98. The molecule has 148 valence electrons. The predicted molar refractivity (Wildman–Crippen MR) is 103 cm³/mol. The van der Waals surface area contributed by atoms with Crippen molar-refractivity contribution in [3.8, 4) is 11.5 Å². The van der Waals surface area contributed by atoms with Crippen molar-refractivity contribution >= 4 is 39.1 Å². The average molecular weight is 425 g/mol. The Hall–Kier alpha value is -2.78. The van der Waals surface area contributed by atoms with Gasteiger partial charge in [-0.15, -0.1) is 0 Å². The van der Waals surface area contributed by atoms with Gasteiger partial charge >= 0.3 is 0 Å². The molecule has 3 rings (SSSR count). The Balaban J connectivity index is 1.90. The number of hydrogen-bond donors (Lipinski definition) is 1. The number of rotatable bonds is 5. The van der Waals surface area contributed by atoms with Gasteiger partial charge in [0.05, 0.1) is 19.8 Å². The SMILES string of the molecule is COc1cc2c(cc1OC)S(=O)(=O)N(CC(=O)Nc1cccc(Cl)c1C)C2=O. The van der Waals surface area contributed by atoms with Crippen molar-refractivity contribution in [3.63, 3.8) is 0 Å². The van der Waals surface area contributed by atoms with E-state index in [2.05, 4.69) is 5.32 Å². The van der Waals surface area contributed by atoms with Crippen molar-refractivity contribution in [1.82, 2.24) is 4.31 Å². The Bertz CT molecular complexity index is 1080. The highest BCUT2D eigenvalue weighted by Gasteiger charge is 2.43. The van der Waals surface area contributed by atoms with E-state index in [1.54, 1.807) is 25.1 Å². The number of sulfonamides is 1. The van der Waals surface area contributed by atoms with Crippen LogP contribution in [-0.4, -0.2) is 45.3 Å². The minimum Gasteiger partial charge on any atom is -0.493 e. The second-order valence-corrected chi connectivity index (χ2v) is 8.22. The molecule has 0 aliphatic carbocycles. The standard InChI is InChI=1S/C18H17ClN2O6S/c1-10-12(19)5-4-6-13(10)20-17(22)9-21-18(23)11-7-14(26-2)15(27-3)8-16(11)28(21,24)25/h4-8H,9H2,1-3H3,(H,20,22). The van der Waals surface area contributed by atoms with Crippen LogP contribution in [0.25, 0.3) is 0 Å². The first-order chi connectivity index (χ1) is 13.2. The molecular weight excluding hydrogens is 408 g/mol. The van der Waals surface area contributed by atoms with Crippen molar-refractivity contribution < 1.29 is 27.5 Å². The maximum atomic E-state index is 12.8. The topological polar surface area (TPSA) is 102 Å². The minimum absolute atomic E-state index is 0.0793. The Morgan fingerprint density at radius 3 is 2.46 bits per heavy atom. The lowest BCUT2D eigenvalue weighted by Crippen LogP contribution is -2.37. The van der Waals surface area contributed by atoms with Crippen LogP contribution in [0, 0.1) is 6.92 Å². The third kappa shape index (κ3) is 3.27. The normalized spacial score (nSPS) is 14.6. The Kier molecular flexibility index (Phi) is 5.22. The largest absolute Gasteiger partial charge is 0.493 e. The van der Waals surface area contributed by atoms with Crippen LogP contribution in [0.2, 0.25) is 5.02 Å². The van der Waals surface area contributed by atoms with Crippen LogP contribution in [0.15, 0.2) is 35.2 Å². The van der Waals surface area contributed by atoms with E-state index < -0.39 is 28.4 Å². The fourth-order valence-electron chi connectivity index (χ4n) is 2.82. The summed E-state index contributed by atoms with van der Waals surface area (Å²) in [6.45, 7) is 1.04. The van der Waals surface area contributed by atoms with E-state index in [0.29, 0.717) is 20.6 Å². The number of carbonyl (C=O) groups excluding carboxylic acids is 2. The number of carbonyl (C=O) groups is 2. The smallest absolute Gasteiger partial charge is 0.269 e. The lowest BCUT2D eigenvalue weighted by molar-refractivity contribution is -0.116. The van der Waals surface area contributed by atoms with Crippen LogP contribution in [0.1, 0.15) is 15.9 Å². The van der Waals surface area contributed by atoms with Crippen molar-refractivity contribution in [3.05, 3.63) is 46.5 Å². The number of benzene rings is 2. The predicted octanol–water partition coefficient (Wildman–Crippen LogP) is 2.45. The van der Waals surface area contributed by atoms with Crippen LogP contribution in [0.3, 0.4) is 0 Å². The molecule has 28 heavy (non-hydrogen) atoms. The van der Waals surface area contributed by atoms with Crippen LogP contribution in [-0.2, 0) is 14.8 Å². The van der Waals surface area contributed by atoms with Crippen molar-refractivity contribution in [2.24, 2.45) is 0 Å². The fourth-order valence-corrected chi connectivity index (χ4v) is 4.52. The molecule has 0 fully saturated rings. The summed E-state index contributed by atoms with van der Waals surface area (Å²) in [6.07, 6.45) is 0. The molecule has 10 heteroatoms. The number of hydrogen-bond acceptors (Lipinski definition) is 6. The van der Waals surface area contributed by atoms with Crippen molar-refractivity contribution in [2.45, 2.75) is 11.8 Å². The van der Waals surface area contributed by atoms with Crippen LogP contribution in [0.5, 0.6) is 11.5 Å². The second kappa shape index (κ2) is 7.33. The molecule has 0 radical (unpaired) electrons. The fraction of sp³-hybridized carbons (Fsp3) is 0.222. The average Bonchev–Trinajstić information content (AvgIpc) is 2.84. The highest BCUT2D eigenvalue weighted by Crippen LogP contribution is 2.38. The summed E-state index contributed by atoms with van der Waals surface area (Å²) in [6, 6.07) is 7.44. The summed E-state index contributed by atoms with van der Waals surface area (Å²) in [5.74, 6) is -1.10. The molecule has 8 nitrogen and oxygen atoms in total. The zero-order valence-corrected chi connectivity index (χ0v) is 16.8. The molecule has 0 spiro atoms. The van der Waals surface area contributed by atoms with E-state index in [4.69, 9.17) is 21.1 Å². The van der Waals surface area contributed by atoms with Gasteiger partial charge in [-0.3, -0.25) is 9.59 Å². The van der Waals surface area contributed by atoms with Gasteiger partial charge in [-0.2, -0.15) is 0 Å². The number of anilines is 1. The third-order valence-corrected chi connectivity index (χ3v) is 6.52.